The van der Waals surface area contributed by atoms with Crippen LogP contribution < -0.4 is 11.1 Å². The Balaban J connectivity index is 3.78. The molecule has 0 saturated heterocycles. The molecule has 0 bridgehead atoms. The van der Waals surface area contributed by atoms with Crippen molar-refractivity contribution in [3.63, 3.8) is 0 Å². The molecule has 4 heteroatoms. The van der Waals surface area contributed by atoms with E-state index in [0.717, 1.165) is 13.0 Å². The van der Waals surface area contributed by atoms with E-state index in [1.165, 1.54) is 12.8 Å². The van der Waals surface area contributed by atoms with Crippen LogP contribution in [0.25, 0.3) is 0 Å². The summed E-state index contributed by atoms with van der Waals surface area (Å²) in [7, 11) is 0. The Morgan fingerprint density at radius 2 is 2.14 bits per heavy atom. The maximum Gasteiger partial charge on any atom is 0.143 e. The van der Waals surface area contributed by atoms with Crippen LogP contribution in [0, 0.1) is 5.92 Å². The molecule has 84 valence electrons. The molecule has 0 spiro atoms. The van der Waals surface area contributed by atoms with Gasteiger partial charge in [0.25, 0.3) is 0 Å². The summed E-state index contributed by atoms with van der Waals surface area (Å²) in [5.74, 6) is 0.384. The second-order valence-corrected chi connectivity index (χ2v) is 3.73. The summed E-state index contributed by atoms with van der Waals surface area (Å²) in [6, 6.07) is 0.550. The van der Waals surface area contributed by atoms with E-state index >= 15 is 0 Å². The third-order valence-corrected chi connectivity index (χ3v) is 2.46. The average Bonchev–Trinajstić information content (AvgIpc) is 2.22. The molecule has 2 atom stereocenters. The first-order valence-corrected chi connectivity index (χ1v) is 5.36. The van der Waals surface area contributed by atoms with E-state index in [9.17, 15) is 0 Å². The first-order chi connectivity index (χ1) is 6.65. The molecule has 0 aliphatic rings. The minimum absolute atomic E-state index is 0.0888. The third kappa shape index (κ3) is 5.07. The van der Waals surface area contributed by atoms with E-state index in [2.05, 4.69) is 24.3 Å². The van der Waals surface area contributed by atoms with Crippen LogP contribution >= 0.6 is 0 Å². The molecule has 0 aromatic heterocycles. The molecular weight excluding hydrogens is 178 g/mol. The van der Waals surface area contributed by atoms with Crippen molar-refractivity contribution in [2.24, 2.45) is 16.8 Å². The topological polar surface area (TPSA) is 70.6 Å². The number of hydrogen-bond donors (Lipinski definition) is 3. The first-order valence-electron chi connectivity index (χ1n) is 5.36. The maximum absolute atomic E-state index is 8.47. The largest absolute Gasteiger partial charge is 0.409 e. The van der Waals surface area contributed by atoms with E-state index in [4.69, 9.17) is 10.9 Å². The van der Waals surface area contributed by atoms with Gasteiger partial charge in [0.15, 0.2) is 0 Å². The minimum Gasteiger partial charge on any atom is -0.409 e. The molecule has 0 aliphatic heterocycles. The molecule has 0 radical (unpaired) electrons. The van der Waals surface area contributed by atoms with Crippen molar-refractivity contribution in [1.82, 2.24) is 5.32 Å². The first kappa shape index (κ1) is 13.2. The van der Waals surface area contributed by atoms with Crippen LogP contribution in [0.1, 0.15) is 40.0 Å². The fraction of sp³-hybridized carbons (Fsp3) is 0.900. The van der Waals surface area contributed by atoms with Gasteiger partial charge in [0.05, 0.1) is 0 Å². The van der Waals surface area contributed by atoms with Crippen molar-refractivity contribution in [3.05, 3.63) is 0 Å². The summed E-state index contributed by atoms with van der Waals surface area (Å²) in [4.78, 5) is 0. The van der Waals surface area contributed by atoms with Crippen molar-refractivity contribution < 1.29 is 5.21 Å². The van der Waals surface area contributed by atoms with E-state index < -0.39 is 0 Å². The summed E-state index contributed by atoms with van der Waals surface area (Å²) in [5.41, 5.74) is 5.48. The zero-order valence-corrected chi connectivity index (χ0v) is 9.45. The minimum atomic E-state index is 0.0888. The number of rotatable bonds is 7. The predicted octanol–water partition coefficient (Wildman–Crippen LogP) is 1.54. The highest BCUT2D eigenvalue weighted by atomic mass is 16.4. The maximum atomic E-state index is 8.47. The standard InChI is InChI=1S/C10H23N3O/c1-4-6-9(5-2)12-7-8(3)10(11)13-14/h8-9,12,14H,4-7H2,1-3H3,(H2,11,13). The van der Waals surface area contributed by atoms with E-state index in [1.54, 1.807) is 0 Å². The Bertz CT molecular complexity index is 171. The Kier molecular flexibility index (Phi) is 7.20. The van der Waals surface area contributed by atoms with Gasteiger partial charge in [-0.25, -0.2) is 0 Å². The van der Waals surface area contributed by atoms with Crippen molar-refractivity contribution in [2.75, 3.05) is 6.54 Å². The van der Waals surface area contributed by atoms with Gasteiger partial charge in [-0.3, -0.25) is 0 Å². The van der Waals surface area contributed by atoms with Gasteiger partial charge in [-0.15, -0.1) is 0 Å². The molecule has 0 rings (SSSR count). The molecule has 0 heterocycles. The molecular formula is C10H23N3O. The van der Waals surface area contributed by atoms with Crippen LogP contribution in [0.5, 0.6) is 0 Å². The van der Waals surface area contributed by atoms with Crippen molar-refractivity contribution in [1.29, 1.82) is 0 Å². The van der Waals surface area contributed by atoms with Crippen LogP contribution in [0.3, 0.4) is 0 Å². The highest BCUT2D eigenvalue weighted by Gasteiger charge is 2.10. The summed E-state index contributed by atoms with van der Waals surface area (Å²) in [5, 5.41) is 14.9. The van der Waals surface area contributed by atoms with Crippen LogP contribution in [0.2, 0.25) is 0 Å². The smallest absolute Gasteiger partial charge is 0.143 e. The van der Waals surface area contributed by atoms with Gasteiger partial charge >= 0.3 is 0 Å². The van der Waals surface area contributed by atoms with Crippen LogP contribution in [-0.4, -0.2) is 23.6 Å². The lowest BCUT2D eigenvalue weighted by atomic mass is 10.1. The number of nitrogens with one attached hydrogen (secondary N) is 1. The number of nitrogens with two attached hydrogens (primary N) is 1. The molecule has 4 N–H and O–H groups in total. The van der Waals surface area contributed by atoms with Gasteiger partial charge in [-0.05, 0) is 12.8 Å². The van der Waals surface area contributed by atoms with Crippen LogP contribution in [0.4, 0.5) is 0 Å². The number of amidine groups is 1. The summed E-state index contributed by atoms with van der Waals surface area (Å²) in [6.45, 7) is 7.06. The molecule has 14 heavy (non-hydrogen) atoms. The Morgan fingerprint density at radius 1 is 1.50 bits per heavy atom. The molecule has 2 unspecified atom stereocenters. The van der Waals surface area contributed by atoms with Crippen molar-refractivity contribution in [3.8, 4) is 0 Å². The SMILES string of the molecule is CCCC(CC)NCC(C)C(N)=NO. The number of oxime groups is 1. The van der Waals surface area contributed by atoms with Gasteiger partial charge in [-0.1, -0.05) is 32.3 Å². The molecule has 0 aliphatic carbocycles. The van der Waals surface area contributed by atoms with Crippen molar-refractivity contribution >= 4 is 5.84 Å². The third-order valence-electron chi connectivity index (χ3n) is 2.46. The summed E-state index contributed by atoms with van der Waals surface area (Å²) < 4.78 is 0. The lowest BCUT2D eigenvalue weighted by molar-refractivity contribution is 0.313. The monoisotopic (exact) mass is 201 g/mol. The van der Waals surface area contributed by atoms with Gasteiger partial charge in [0.1, 0.15) is 5.84 Å². The van der Waals surface area contributed by atoms with E-state index in [-0.39, 0.29) is 5.92 Å². The summed E-state index contributed by atoms with van der Waals surface area (Å²) >= 11 is 0. The Hall–Kier alpha value is -0.770. The molecule has 0 aromatic rings. The van der Waals surface area contributed by atoms with Gasteiger partial charge in [0, 0.05) is 18.5 Å². The fourth-order valence-electron chi connectivity index (χ4n) is 1.35. The van der Waals surface area contributed by atoms with Crippen LogP contribution in [-0.2, 0) is 0 Å². The van der Waals surface area contributed by atoms with Gasteiger partial charge < -0.3 is 16.3 Å². The van der Waals surface area contributed by atoms with E-state index in [0.29, 0.717) is 11.9 Å². The summed E-state index contributed by atoms with van der Waals surface area (Å²) in [6.07, 6.45) is 3.49. The molecule has 0 fully saturated rings. The second kappa shape index (κ2) is 7.62. The average molecular weight is 201 g/mol. The fourth-order valence-corrected chi connectivity index (χ4v) is 1.35. The van der Waals surface area contributed by atoms with Crippen LogP contribution in [0.15, 0.2) is 5.16 Å². The molecule has 0 amide bonds. The Morgan fingerprint density at radius 3 is 2.57 bits per heavy atom. The highest BCUT2D eigenvalue weighted by Crippen LogP contribution is 2.02. The second-order valence-electron chi connectivity index (χ2n) is 3.73. The Labute approximate surface area is 86.6 Å². The predicted molar refractivity (Wildman–Crippen MR) is 59.6 cm³/mol. The highest BCUT2D eigenvalue weighted by molar-refractivity contribution is 5.82. The number of nitrogens with zero attached hydrogens (tertiary/aromatic N) is 1. The lowest BCUT2D eigenvalue weighted by Gasteiger charge is -2.18. The zero-order chi connectivity index (χ0) is 11.0. The molecule has 0 aromatic carbocycles. The van der Waals surface area contributed by atoms with E-state index in [1.807, 2.05) is 6.92 Å². The lowest BCUT2D eigenvalue weighted by Crippen LogP contribution is -2.36. The normalized spacial score (nSPS) is 16.6. The molecule has 0 saturated carbocycles. The number of hydrogen-bond acceptors (Lipinski definition) is 3. The molecule has 4 nitrogen and oxygen atoms in total. The van der Waals surface area contributed by atoms with Gasteiger partial charge in [-0.2, -0.15) is 0 Å². The van der Waals surface area contributed by atoms with Crippen molar-refractivity contribution in [2.45, 2.75) is 46.1 Å². The quantitative estimate of drug-likeness (QED) is 0.253. The zero-order valence-electron chi connectivity index (χ0n) is 9.45. The van der Waals surface area contributed by atoms with Gasteiger partial charge in [0.2, 0.25) is 0 Å².